The molecule has 1 heterocycles. The number of aryl methyl sites for hydroxylation is 1. The number of alkyl halides is 3. The van der Waals surface area contributed by atoms with Gasteiger partial charge in [0.2, 0.25) is 0 Å². The Hall–Kier alpha value is -4.69. The number of amides is 1. The standard InChI is InChI=1S/C32H34F4N4O6/c1-18-10-24(37-17-31(45,32(34,35)36)16-30(2,3)23-13-20(33)8-9-27(23)46-4)22-14-38-40(26(22)11-18)21-7-5-6-19(12-21)28(42)39-25(15-41)29(43)44/h5-14,25,37,41,45H,15-17H2,1-4H3,(H,39,42)(H,43,44)/t25-,31?/m1/s1. The Labute approximate surface area is 261 Å². The van der Waals surface area contributed by atoms with Gasteiger partial charge in [0.15, 0.2) is 11.6 Å². The van der Waals surface area contributed by atoms with E-state index >= 15 is 0 Å². The van der Waals surface area contributed by atoms with Crippen molar-refractivity contribution in [2.45, 2.75) is 50.4 Å². The molecule has 0 saturated carbocycles. The number of carbonyl (C=O) groups is 2. The minimum absolute atomic E-state index is 0.0830. The number of aliphatic carboxylic acids is 1. The minimum atomic E-state index is -5.07. The molecule has 0 fully saturated rings. The summed E-state index contributed by atoms with van der Waals surface area (Å²) < 4.78 is 64.3. The minimum Gasteiger partial charge on any atom is -0.496 e. The van der Waals surface area contributed by atoms with Crippen molar-refractivity contribution in [1.82, 2.24) is 15.1 Å². The molecular weight excluding hydrogens is 612 g/mol. The highest BCUT2D eigenvalue weighted by Gasteiger charge is 2.56. The van der Waals surface area contributed by atoms with Crippen LogP contribution in [0.5, 0.6) is 5.75 Å². The molecule has 0 aliphatic rings. The Morgan fingerprint density at radius 3 is 2.43 bits per heavy atom. The molecule has 46 heavy (non-hydrogen) atoms. The van der Waals surface area contributed by atoms with Gasteiger partial charge in [-0.15, -0.1) is 0 Å². The van der Waals surface area contributed by atoms with Crippen LogP contribution < -0.4 is 15.4 Å². The van der Waals surface area contributed by atoms with Gasteiger partial charge in [-0.2, -0.15) is 18.3 Å². The lowest BCUT2D eigenvalue weighted by Crippen LogP contribution is -2.53. The van der Waals surface area contributed by atoms with E-state index in [0.29, 0.717) is 22.2 Å². The van der Waals surface area contributed by atoms with Crippen LogP contribution in [0.15, 0.2) is 60.8 Å². The fourth-order valence-electron chi connectivity index (χ4n) is 5.36. The highest BCUT2D eigenvalue weighted by Crippen LogP contribution is 2.44. The van der Waals surface area contributed by atoms with Crippen LogP contribution in [0.25, 0.3) is 16.6 Å². The fourth-order valence-corrected chi connectivity index (χ4v) is 5.36. The van der Waals surface area contributed by atoms with Crippen LogP contribution in [0, 0.1) is 12.7 Å². The molecular formula is C32H34F4N4O6. The average molecular weight is 647 g/mol. The van der Waals surface area contributed by atoms with Gasteiger partial charge < -0.3 is 30.7 Å². The number of anilines is 1. The van der Waals surface area contributed by atoms with E-state index in [1.807, 2.05) is 0 Å². The van der Waals surface area contributed by atoms with Gasteiger partial charge in [0, 0.05) is 22.2 Å². The molecule has 0 aliphatic heterocycles. The third-order valence-corrected chi connectivity index (χ3v) is 7.70. The zero-order valence-corrected chi connectivity index (χ0v) is 25.4. The number of nitrogens with zero attached hydrogens (tertiary/aromatic N) is 2. The number of aliphatic hydroxyl groups is 2. The monoisotopic (exact) mass is 646 g/mol. The Morgan fingerprint density at radius 2 is 1.80 bits per heavy atom. The van der Waals surface area contributed by atoms with E-state index < -0.39 is 60.5 Å². The number of nitrogens with one attached hydrogen (secondary N) is 2. The maximum Gasteiger partial charge on any atom is 0.418 e. The Bertz CT molecular complexity index is 1760. The molecule has 0 radical (unpaired) electrons. The SMILES string of the molecule is COc1ccc(F)cc1C(C)(C)CC(O)(CNc1cc(C)cc2c1cnn2-c1cccc(C(=O)N[C@H](CO)C(=O)O)c1)C(F)(F)F. The molecule has 14 heteroatoms. The second-order valence-corrected chi connectivity index (χ2v) is 11.7. The largest absolute Gasteiger partial charge is 0.496 e. The number of fused-ring (bicyclic) bond motifs is 1. The zero-order chi connectivity index (χ0) is 34.0. The van der Waals surface area contributed by atoms with Crippen molar-refractivity contribution in [3.63, 3.8) is 0 Å². The number of rotatable bonds is 12. The number of methoxy groups -OCH3 is 1. The van der Waals surface area contributed by atoms with Gasteiger partial charge in [0.1, 0.15) is 11.6 Å². The van der Waals surface area contributed by atoms with Crippen molar-refractivity contribution in [3.05, 3.63) is 83.3 Å². The first-order valence-corrected chi connectivity index (χ1v) is 14.1. The van der Waals surface area contributed by atoms with E-state index in [2.05, 4.69) is 15.7 Å². The number of hydrogen-bond acceptors (Lipinski definition) is 7. The number of aromatic nitrogens is 2. The van der Waals surface area contributed by atoms with Crippen LogP contribution in [-0.4, -0.2) is 75.1 Å². The third kappa shape index (κ3) is 7.07. The van der Waals surface area contributed by atoms with Crippen molar-refractivity contribution in [1.29, 1.82) is 0 Å². The highest BCUT2D eigenvalue weighted by molar-refractivity contribution is 5.97. The molecule has 3 aromatic carbocycles. The highest BCUT2D eigenvalue weighted by atomic mass is 19.4. The summed E-state index contributed by atoms with van der Waals surface area (Å²) in [4.78, 5) is 23.9. The first-order chi connectivity index (χ1) is 21.5. The molecule has 0 aliphatic carbocycles. The van der Waals surface area contributed by atoms with Gasteiger partial charge in [-0.3, -0.25) is 4.79 Å². The molecule has 5 N–H and O–H groups in total. The van der Waals surface area contributed by atoms with Crippen molar-refractivity contribution in [2.75, 3.05) is 25.6 Å². The topological polar surface area (TPSA) is 146 Å². The maximum atomic E-state index is 14.5. The molecule has 2 atom stereocenters. The summed E-state index contributed by atoms with van der Waals surface area (Å²) in [7, 11) is 1.32. The maximum absolute atomic E-state index is 14.5. The lowest BCUT2D eigenvalue weighted by Gasteiger charge is -2.38. The van der Waals surface area contributed by atoms with Gasteiger partial charge in [-0.25, -0.2) is 13.9 Å². The van der Waals surface area contributed by atoms with E-state index in [0.717, 1.165) is 12.1 Å². The normalized spacial score (nSPS) is 14.0. The summed E-state index contributed by atoms with van der Waals surface area (Å²) in [5.74, 6) is -2.62. The van der Waals surface area contributed by atoms with E-state index in [-0.39, 0.29) is 22.6 Å². The van der Waals surface area contributed by atoms with Gasteiger partial charge in [0.05, 0.1) is 37.7 Å². The van der Waals surface area contributed by atoms with Crippen LogP contribution >= 0.6 is 0 Å². The Kier molecular flexibility index (Phi) is 9.64. The molecule has 0 bridgehead atoms. The summed E-state index contributed by atoms with van der Waals surface area (Å²) in [5, 5.41) is 39.2. The second kappa shape index (κ2) is 13.0. The predicted octanol–water partition coefficient (Wildman–Crippen LogP) is 4.73. The van der Waals surface area contributed by atoms with Gasteiger partial charge >= 0.3 is 12.1 Å². The quantitative estimate of drug-likeness (QED) is 0.139. The molecule has 1 aromatic heterocycles. The van der Waals surface area contributed by atoms with Gasteiger partial charge in [-0.05, 0) is 72.9 Å². The summed E-state index contributed by atoms with van der Waals surface area (Å²) in [6, 6.07) is 11.4. The molecule has 0 spiro atoms. The predicted molar refractivity (Wildman–Crippen MR) is 162 cm³/mol. The number of carboxylic acid groups (broad SMARTS) is 1. The number of aliphatic hydroxyl groups excluding tert-OH is 1. The first kappa shape index (κ1) is 34.2. The third-order valence-electron chi connectivity index (χ3n) is 7.70. The molecule has 4 aromatic rings. The van der Waals surface area contributed by atoms with Crippen LogP contribution in [-0.2, 0) is 10.2 Å². The lowest BCUT2D eigenvalue weighted by molar-refractivity contribution is -0.260. The van der Waals surface area contributed by atoms with E-state index in [1.54, 1.807) is 31.2 Å². The van der Waals surface area contributed by atoms with E-state index in [9.17, 15) is 37.4 Å². The number of carbonyl (C=O) groups excluding carboxylic acids is 1. The molecule has 1 unspecified atom stereocenters. The summed E-state index contributed by atoms with van der Waals surface area (Å²) in [6.07, 6.45) is -4.47. The van der Waals surface area contributed by atoms with Crippen LogP contribution in [0.1, 0.15) is 41.8 Å². The number of hydrogen-bond donors (Lipinski definition) is 5. The average Bonchev–Trinajstić information content (AvgIpc) is 3.41. The molecule has 10 nitrogen and oxygen atoms in total. The summed E-state index contributed by atoms with van der Waals surface area (Å²) in [5.41, 5.74) is -2.59. The van der Waals surface area contributed by atoms with E-state index in [1.165, 1.54) is 50.0 Å². The number of halogens is 4. The van der Waals surface area contributed by atoms with Gasteiger partial charge in [-0.1, -0.05) is 19.9 Å². The number of carboxylic acids is 1. The van der Waals surface area contributed by atoms with Crippen molar-refractivity contribution in [3.8, 4) is 11.4 Å². The fraction of sp³-hybridized carbons (Fsp3) is 0.344. The summed E-state index contributed by atoms with van der Waals surface area (Å²) >= 11 is 0. The van der Waals surface area contributed by atoms with E-state index in [4.69, 9.17) is 9.84 Å². The molecule has 0 saturated heterocycles. The number of benzene rings is 3. The lowest BCUT2D eigenvalue weighted by atomic mass is 9.74. The van der Waals surface area contributed by atoms with Crippen LogP contribution in [0.4, 0.5) is 23.2 Å². The van der Waals surface area contributed by atoms with Gasteiger partial charge in [0.25, 0.3) is 5.91 Å². The number of ether oxygens (including phenoxy) is 1. The molecule has 1 amide bonds. The van der Waals surface area contributed by atoms with Crippen LogP contribution in [0.3, 0.4) is 0 Å². The molecule has 4 rings (SSSR count). The smallest absolute Gasteiger partial charge is 0.418 e. The second-order valence-electron chi connectivity index (χ2n) is 11.7. The first-order valence-electron chi connectivity index (χ1n) is 14.1. The van der Waals surface area contributed by atoms with Crippen molar-refractivity contribution >= 4 is 28.5 Å². The van der Waals surface area contributed by atoms with Crippen LogP contribution in [0.2, 0.25) is 0 Å². The molecule has 246 valence electrons. The Balaban J connectivity index is 1.65. The zero-order valence-electron chi connectivity index (χ0n) is 25.4. The summed E-state index contributed by atoms with van der Waals surface area (Å²) in [6.45, 7) is 2.92. The van der Waals surface area contributed by atoms with Crippen molar-refractivity contribution in [2.24, 2.45) is 0 Å². The van der Waals surface area contributed by atoms with Crippen molar-refractivity contribution < 1.29 is 47.2 Å². The Morgan fingerprint density at radius 1 is 1.09 bits per heavy atom.